The fourth-order valence-electron chi connectivity index (χ4n) is 6.67. The van der Waals surface area contributed by atoms with Crippen molar-refractivity contribution < 1.29 is 41.0 Å². The number of hydrogen-bond acceptors (Lipinski definition) is 10. The van der Waals surface area contributed by atoms with Gasteiger partial charge in [-0.2, -0.15) is 0 Å². The molecule has 1 heterocycles. The summed E-state index contributed by atoms with van der Waals surface area (Å²) in [6, 6.07) is 15.8. The molecule has 0 bridgehead atoms. The molecule has 0 spiro atoms. The van der Waals surface area contributed by atoms with Gasteiger partial charge in [0, 0.05) is 39.9 Å². The van der Waals surface area contributed by atoms with Crippen LogP contribution in [0.4, 0.5) is 5.69 Å². The summed E-state index contributed by atoms with van der Waals surface area (Å²) in [5.74, 6) is 8.36. The van der Waals surface area contributed by atoms with Gasteiger partial charge in [0.15, 0.2) is 0 Å². The minimum atomic E-state index is -0.0415. The first-order valence-corrected chi connectivity index (χ1v) is 23.0. The van der Waals surface area contributed by atoms with Crippen LogP contribution >= 0.6 is 0 Å². The zero-order valence-electron chi connectivity index (χ0n) is 37.8. The number of benzene rings is 2. The molecule has 2 aliphatic rings. The van der Waals surface area contributed by atoms with Gasteiger partial charge in [-0.05, 0) is 68.2 Å². The SMILES string of the molecule is CC.CC[C@@H](CC/C(C)=N/OCCOCNCCOCCOCCOCCOCCC(=O)NCCCCCC(=O)N1Cc2ccccc2C#Cc2ccccc21)CCC1CC1.[HH].[HH]. The Labute approximate surface area is 370 Å². The topological polar surface area (TPSA) is 129 Å². The lowest BCUT2D eigenvalue weighted by atomic mass is 9.93. The standard InChI is InChI=1S/C47H70N4O8.C2H6.2H2/c1-3-40(18-19-41-20-21-41)17-16-39(2)50-59-36-35-58-38-48-26-28-55-30-32-57-34-33-56-31-29-54-27-24-46(52)49-25-10-4-5-15-47(53)51-37-44-13-7-6-11-42(44)22-23-43-12-8-9-14-45(43)51;1-2;;/h6-9,11-14,40-41,48H,3-5,10,15-21,24-38H2,1-2H3,(H,49,52);1-2H3;2*1H/b50-39+;;;/t40-;;;/m0.../s1. The van der Waals surface area contributed by atoms with Crippen LogP contribution in [0.15, 0.2) is 53.7 Å². The Kier molecular flexibility index (Phi) is 28.5. The van der Waals surface area contributed by atoms with Crippen molar-refractivity contribution in [3.05, 3.63) is 65.2 Å². The van der Waals surface area contributed by atoms with Crippen LogP contribution in [0.1, 0.15) is 124 Å². The van der Waals surface area contributed by atoms with Crippen LogP contribution < -0.4 is 15.5 Å². The smallest absolute Gasteiger partial charge is 0.227 e. The van der Waals surface area contributed by atoms with Gasteiger partial charge < -0.3 is 38.7 Å². The van der Waals surface area contributed by atoms with Crippen LogP contribution in [0.5, 0.6) is 0 Å². The molecular weight excluding hydrogens is 773 g/mol. The third kappa shape index (κ3) is 23.8. The monoisotopic (exact) mass is 853 g/mol. The summed E-state index contributed by atoms with van der Waals surface area (Å²) < 4.78 is 27.7. The minimum Gasteiger partial charge on any atom is -0.393 e. The Balaban J connectivity index is 0.00000489. The summed E-state index contributed by atoms with van der Waals surface area (Å²) in [4.78, 5) is 32.8. The molecule has 1 atom stereocenters. The van der Waals surface area contributed by atoms with Gasteiger partial charge in [0.1, 0.15) is 6.61 Å². The lowest BCUT2D eigenvalue weighted by molar-refractivity contribution is -0.122. The molecule has 1 aliphatic heterocycles. The molecule has 2 aromatic rings. The molecule has 344 valence electrons. The number of rotatable bonds is 34. The summed E-state index contributed by atoms with van der Waals surface area (Å²) in [7, 11) is 0. The molecule has 61 heavy (non-hydrogen) atoms. The van der Waals surface area contributed by atoms with Gasteiger partial charge >= 0.3 is 0 Å². The van der Waals surface area contributed by atoms with E-state index >= 15 is 0 Å². The second-order valence-electron chi connectivity index (χ2n) is 15.3. The summed E-state index contributed by atoms with van der Waals surface area (Å²) >= 11 is 0. The molecule has 2 aromatic carbocycles. The van der Waals surface area contributed by atoms with Crippen LogP contribution in [0.2, 0.25) is 0 Å². The molecular formula is C49H80N4O8. The largest absolute Gasteiger partial charge is 0.393 e. The summed E-state index contributed by atoms with van der Waals surface area (Å²) in [5.41, 5.74) is 4.77. The van der Waals surface area contributed by atoms with Crippen molar-refractivity contribution >= 4 is 23.2 Å². The predicted octanol–water partition coefficient (Wildman–Crippen LogP) is 8.54. The van der Waals surface area contributed by atoms with E-state index in [0.717, 1.165) is 65.6 Å². The summed E-state index contributed by atoms with van der Waals surface area (Å²) in [6.07, 6.45) is 12.3. The van der Waals surface area contributed by atoms with Gasteiger partial charge in [-0.25, -0.2) is 0 Å². The number of carbonyl (C=O) groups excluding carboxylic acids is 2. The van der Waals surface area contributed by atoms with Gasteiger partial charge in [0.05, 0.1) is 84.1 Å². The second-order valence-corrected chi connectivity index (χ2v) is 15.3. The predicted molar refractivity (Wildman–Crippen MR) is 248 cm³/mol. The molecule has 1 saturated carbocycles. The van der Waals surface area contributed by atoms with Crippen molar-refractivity contribution in [1.29, 1.82) is 0 Å². The number of amides is 2. The Morgan fingerprint density at radius 3 is 2.15 bits per heavy atom. The molecule has 1 aliphatic carbocycles. The van der Waals surface area contributed by atoms with Crippen LogP contribution in [0, 0.1) is 23.7 Å². The quantitative estimate of drug-likeness (QED) is 0.0234. The van der Waals surface area contributed by atoms with E-state index in [4.69, 9.17) is 28.5 Å². The Morgan fingerprint density at radius 1 is 0.754 bits per heavy atom. The first kappa shape index (κ1) is 51.5. The molecule has 12 heteroatoms. The van der Waals surface area contributed by atoms with Crippen molar-refractivity contribution in [2.75, 3.05) is 90.8 Å². The third-order valence-corrected chi connectivity index (χ3v) is 10.5. The summed E-state index contributed by atoms with van der Waals surface area (Å²) in [6.45, 7) is 15.2. The number of fused-ring (bicyclic) bond motifs is 2. The van der Waals surface area contributed by atoms with E-state index in [0.29, 0.717) is 105 Å². The first-order valence-electron chi connectivity index (χ1n) is 23.0. The second kappa shape index (κ2) is 33.8. The van der Waals surface area contributed by atoms with Gasteiger partial charge in [0.2, 0.25) is 11.8 Å². The van der Waals surface area contributed by atoms with Gasteiger partial charge in [0.25, 0.3) is 0 Å². The highest BCUT2D eigenvalue weighted by molar-refractivity contribution is 5.95. The first-order chi connectivity index (χ1) is 30.0. The van der Waals surface area contributed by atoms with Crippen molar-refractivity contribution in [3.8, 4) is 11.8 Å². The molecule has 0 aromatic heterocycles. The number of carbonyl (C=O) groups is 2. The number of nitrogens with one attached hydrogen (secondary N) is 2. The number of unbranched alkanes of at least 4 members (excludes halogenated alkanes) is 2. The van der Waals surface area contributed by atoms with E-state index in [1.54, 1.807) is 0 Å². The van der Waals surface area contributed by atoms with Crippen molar-refractivity contribution in [1.82, 2.24) is 10.6 Å². The fraction of sp³-hybridized carbons (Fsp3) is 0.653. The summed E-state index contributed by atoms with van der Waals surface area (Å²) in [5, 5.41) is 10.4. The van der Waals surface area contributed by atoms with E-state index in [9.17, 15) is 9.59 Å². The van der Waals surface area contributed by atoms with Crippen molar-refractivity contribution in [2.45, 2.75) is 111 Å². The number of para-hydroxylation sites is 1. The van der Waals surface area contributed by atoms with Crippen LogP contribution in [0.3, 0.4) is 0 Å². The van der Waals surface area contributed by atoms with Crippen LogP contribution in [-0.4, -0.2) is 103 Å². The van der Waals surface area contributed by atoms with E-state index in [-0.39, 0.29) is 14.7 Å². The van der Waals surface area contributed by atoms with Crippen molar-refractivity contribution in [2.24, 2.45) is 17.0 Å². The maximum atomic E-state index is 13.3. The molecule has 2 N–H and O–H groups in total. The zero-order valence-corrected chi connectivity index (χ0v) is 37.8. The number of oxime groups is 1. The van der Waals surface area contributed by atoms with Crippen LogP contribution in [-0.2, 0) is 44.7 Å². The molecule has 0 radical (unpaired) electrons. The highest BCUT2D eigenvalue weighted by Gasteiger charge is 2.22. The average molecular weight is 853 g/mol. The van der Waals surface area contributed by atoms with E-state index in [1.165, 1.54) is 38.5 Å². The Morgan fingerprint density at radius 2 is 1.41 bits per heavy atom. The number of anilines is 1. The van der Waals surface area contributed by atoms with E-state index < -0.39 is 0 Å². The lowest BCUT2D eigenvalue weighted by Crippen LogP contribution is -2.31. The third-order valence-electron chi connectivity index (χ3n) is 10.5. The highest BCUT2D eigenvalue weighted by Crippen LogP contribution is 2.36. The number of ether oxygens (including phenoxy) is 5. The molecule has 0 unspecified atom stereocenters. The lowest BCUT2D eigenvalue weighted by Gasteiger charge is -2.26. The fourth-order valence-corrected chi connectivity index (χ4v) is 6.67. The normalized spacial score (nSPS) is 13.7. The number of hydrogen-bond donors (Lipinski definition) is 2. The Hall–Kier alpha value is -3.83. The average Bonchev–Trinajstić information content (AvgIpc) is 4.11. The highest BCUT2D eigenvalue weighted by atomic mass is 16.6. The van der Waals surface area contributed by atoms with Crippen LogP contribution in [0.25, 0.3) is 0 Å². The Bertz CT molecular complexity index is 1590. The molecule has 1 fully saturated rings. The van der Waals surface area contributed by atoms with Gasteiger partial charge in [-0.1, -0.05) is 107 Å². The minimum absolute atomic E-state index is 0. The molecule has 12 nitrogen and oxygen atoms in total. The molecule has 0 saturated heterocycles. The molecule has 2 amide bonds. The molecule has 4 rings (SSSR count). The maximum absolute atomic E-state index is 13.3. The van der Waals surface area contributed by atoms with E-state index in [2.05, 4.69) is 34.6 Å². The maximum Gasteiger partial charge on any atom is 0.227 e. The zero-order chi connectivity index (χ0) is 43.6. The number of nitrogens with zero attached hydrogens (tertiary/aromatic N) is 2. The van der Waals surface area contributed by atoms with Gasteiger partial charge in [-0.3, -0.25) is 14.9 Å². The van der Waals surface area contributed by atoms with Crippen molar-refractivity contribution in [3.63, 3.8) is 0 Å². The van der Waals surface area contributed by atoms with Gasteiger partial charge in [-0.15, -0.1) is 0 Å². The van der Waals surface area contributed by atoms with E-state index in [1.807, 2.05) is 74.2 Å².